The van der Waals surface area contributed by atoms with E-state index in [0.717, 1.165) is 13.0 Å². The van der Waals surface area contributed by atoms with E-state index in [1.54, 1.807) is 0 Å². The van der Waals surface area contributed by atoms with Gasteiger partial charge >= 0.3 is 0 Å². The number of carbonyl (C=O) groups is 2. The van der Waals surface area contributed by atoms with Gasteiger partial charge < -0.3 is 27.4 Å². The molecule has 0 saturated heterocycles. The number of carbonyl (C=O) groups excluding carboxylic acids is 2. The number of hydrogen-bond donors (Lipinski definition) is 5. The van der Waals surface area contributed by atoms with Crippen LogP contribution >= 0.6 is 0 Å². The van der Waals surface area contributed by atoms with E-state index in [9.17, 15) is 9.59 Å². The molecule has 0 saturated carbocycles. The molecular formula is C9H21N5O2. The molecule has 0 heterocycles. The van der Waals surface area contributed by atoms with Gasteiger partial charge in [0.1, 0.15) is 0 Å². The lowest BCUT2D eigenvalue weighted by Gasteiger charge is -2.06. The Labute approximate surface area is 95.3 Å². The highest BCUT2D eigenvalue weighted by molar-refractivity contribution is 5.77. The van der Waals surface area contributed by atoms with Crippen molar-refractivity contribution in [1.82, 2.24) is 16.0 Å². The third-order valence-corrected chi connectivity index (χ3v) is 1.85. The zero-order valence-electron chi connectivity index (χ0n) is 9.42. The van der Waals surface area contributed by atoms with Crippen LogP contribution in [0.1, 0.15) is 6.42 Å². The van der Waals surface area contributed by atoms with Gasteiger partial charge in [-0.25, -0.2) is 0 Å². The van der Waals surface area contributed by atoms with Crippen LogP contribution in [0.2, 0.25) is 0 Å². The molecule has 0 radical (unpaired) electrons. The number of amides is 2. The molecule has 16 heavy (non-hydrogen) atoms. The molecule has 7 nitrogen and oxygen atoms in total. The first-order chi connectivity index (χ1) is 7.70. The van der Waals surface area contributed by atoms with Crippen molar-refractivity contribution in [2.24, 2.45) is 11.5 Å². The normalized spacial score (nSPS) is 9.88. The summed E-state index contributed by atoms with van der Waals surface area (Å²) in [6.07, 6.45) is 0.830. The fraction of sp³-hybridized carbons (Fsp3) is 0.778. The number of rotatable bonds is 9. The topological polar surface area (TPSA) is 122 Å². The summed E-state index contributed by atoms with van der Waals surface area (Å²) in [5.74, 6) is -0.299. The Balaban J connectivity index is 3.10. The third-order valence-electron chi connectivity index (χ3n) is 1.85. The molecule has 7 heteroatoms. The van der Waals surface area contributed by atoms with Crippen LogP contribution in [0, 0.1) is 0 Å². The van der Waals surface area contributed by atoms with Gasteiger partial charge in [-0.2, -0.15) is 0 Å². The largest absolute Gasteiger partial charge is 0.355 e. The van der Waals surface area contributed by atoms with Gasteiger partial charge in [-0.05, 0) is 13.0 Å². The van der Waals surface area contributed by atoms with Crippen LogP contribution in [0.3, 0.4) is 0 Å². The standard InChI is InChI=1S/C9H21N5O2/c10-6-8(15)13-3-1-2-12-4-5-14-9(16)7-11/h12H,1-7,10-11H2,(H,13,15)(H,14,16). The van der Waals surface area contributed by atoms with Crippen LogP contribution in [0.4, 0.5) is 0 Å². The van der Waals surface area contributed by atoms with Gasteiger partial charge in [-0.15, -0.1) is 0 Å². The monoisotopic (exact) mass is 231 g/mol. The van der Waals surface area contributed by atoms with Crippen molar-refractivity contribution in [2.45, 2.75) is 6.42 Å². The Bertz CT molecular complexity index is 188. The molecule has 0 aromatic rings. The molecule has 0 aliphatic rings. The second kappa shape index (κ2) is 10.3. The van der Waals surface area contributed by atoms with Crippen LogP contribution in [0.25, 0.3) is 0 Å². The number of nitrogens with two attached hydrogens (primary N) is 2. The van der Waals surface area contributed by atoms with Gasteiger partial charge in [0.05, 0.1) is 13.1 Å². The Morgan fingerprint density at radius 3 is 1.94 bits per heavy atom. The van der Waals surface area contributed by atoms with Crippen LogP contribution in [-0.2, 0) is 9.59 Å². The van der Waals surface area contributed by atoms with E-state index in [1.807, 2.05) is 0 Å². The predicted octanol–water partition coefficient (Wildman–Crippen LogP) is -2.88. The van der Waals surface area contributed by atoms with Gasteiger partial charge in [-0.1, -0.05) is 0 Å². The average molecular weight is 231 g/mol. The van der Waals surface area contributed by atoms with Crippen molar-refractivity contribution in [3.05, 3.63) is 0 Å². The van der Waals surface area contributed by atoms with Crippen LogP contribution < -0.4 is 27.4 Å². The van der Waals surface area contributed by atoms with E-state index in [2.05, 4.69) is 16.0 Å². The van der Waals surface area contributed by atoms with Crippen molar-refractivity contribution in [3.63, 3.8) is 0 Å². The first-order valence-electron chi connectivity index (χ1n) is 5.35. The maximum Gasteiger partial charge on any atom is 0.233 e. The van der Waals surface area contributed by atoms with E-state index in [4.69, 9.17) is 11.5 Å². The van der Waals surface area contributed by atoms with Crippen LogP contribution in [-0.4, -0.2) is 51.1 Å². The van der Waals surface area contributed by atoms with Crippen molar-refractivity contribution < 1.29 is 9.59 Å². The lowest BCUT2D eigenvalue weighted by atomic mass is 10.4. The second-order valence-corrected chi connectivity index (χ2v) is 3.21. The quantitative estimate of drug-likeness (QED) is 0.273. The minimum atomic E-state index is -0.156. The molecular weight excluding hydrogens is 210 g/mol. The van der Waals surface area contributed by atoms with Gasteiger partial charge in [0.15, 0.2) is 0 Å². The fourth-order valence-corrected chi connectivity index (χ4v) is 1.00. The summed E-state index contributed by atoms with van der Waals surface area (Å²) in [5, 5.41) is 8.42. The summed E-state index contributed by atoms with van der Waals surface area (Å²) < 4.78 is 0. The summed E-state index contributed by atoms with van der Waals surface area (Å²) in [6.45, 7) is 2.69. The Kier molecular flexibility index (Phi) is 9.58. The van der Waals surface area contributed by atoms with E-state index in [-0.39, 0.29) is 24.9 Å². The van der Waals surface area contributed by atoms with Gasteiger partial charge in [0.2, 0.25) is 11.8 Å². The average Bonchev–Trinajstić information content (AvgIpc) is 2.31. The summed E-state index contributed by atoms with van der Waals surface area (Å²) in [6, 6.07) is 0. The molecule has 7 N–H and O–H groups in total. The fourth-order valence-electron chi connectivity index (χ4n) is 1.00. The summed E-state index contributed by atoms with van der Waals surface area (Å²) in [5.41, 5.74) is 10.2. The Morgan fingerprint density at radius 1 is 0.812 bits per heavy atom. The first kappa shape index (κ1) is 14.8. The molecule has 0 aromatic carbocycles. The lowest BCUT2D eigenvalue weighted by Crippen LogP contribution is -2.36. The molecule has 0 bridgehead atoms. The van der Waals surface area contributed by atoms with Crippen molar-refractivity contribution in [1.29, 1.82) is 0 Å². The first-order valence-corrected chi connectivity index (χ1v) is 5.35. The molecule has 0 spiro atoms. The predicted molar refractivity (Wildman–Crippen MR) is 61.6 cm³/mol. The van der Waals surface area contributed by atoms with Gasteiger partial charge in [-0.3, -0.25) is 9.59 Å². The van der Waals surface area contributed by atoms with Crippen LogP contribution in [0.5, 0.6) is 0 Å². The van der Waals surface area contributed by atoms with E-state index < -0.39 is 0 Å². The summed E-state index contributed by atoms with van der Waals surface area (Å²) in [4.78, 5) is 21.5. The maximum atomic E-state index is 10.7. The highest BCUT2D eigenvalue weighted by Gasteiger charge is 1.96. The van der Waals surface area contributed by atoms with Gasteiger partial charge in [0, 0.05) is 19.6 Å². The minimum absolute atomic E-state index is 0.0190. The Morgan fingerprint density at radius 2 is 1.38 bits per heavy atom. The molecule has 0 atom stereocenters. The molecule has 0 aliphatic carbocycles. The zero-order chi connectivity index (χ0) is 12.2. The third kappa shape index (κ3) is 9.38. The lowest BCUT2D eigenvalue weighted by molar-refractivity contribution is -0.120. The summed E-state index contributed by atoms with van der Waals surface area (Å²) >= 11 is 0. The van der Waals surface area contributed by atoms with Crippen molar-refractivity contribution in [2.75, 3.05) is 39.3 Å². The smallest absolute Gasteiger partial charge is 0.233 e. The van der Waals surface area contributed by atoms with E-state index >= 15 is 0 Å². The number of hydrogen-bond acceptors (Lipinski definition) is 5. The van der Waals surface area contributed by atoms with Crippen molar-refractivity contribution in [3.8, 4) is 0 Å². The molecule has 0 rings (SSSR count). The molecule has 94 valence electrons. The SMILES string of the molecule is NCC(=O)NCCCNCCNC(=O)CN. The zero-order valence-corrected chi connectivity index (χ0v) is 9.42. The van der Waals surface area contributed by atoms with Gasteiger partial charge in [0.25, 0.3) is 0 Å². The molecule has 0 fully saturated rings. The molecule has 2 amide bonds. The van der Waals surface area contributed by atoms with E-state index in [0.29, 0.717) is 19.6 Å². The van der Waals surface area contributed by atoms with E-state index in [1.165, 1.54) is 0 Å². The van der Waals surface area contributed by atoms with Crippen LogP contribution in [0.15, 0.2) is 0 Å². The minimum Gasteiger partial charge on any atom is -0.355 e. The molecule has 0 unspecified atom stereocenters. The highest BCUT2D eigenvalue weighted by atomic mass is 16.2. The highest BCUT2D eigenvalue weighted by Crippen LogP contribution is 1.73. The Hall–Kier alpha value is -1.18. The second-order valence-electron chi connectivity index (χ2n) is 3.21. The summed E-state index contributed by atoms with van der Waals surface area (Å²) in [7, 11) is 0. The molecule has 0 aromatic heterocycles. The maximum absolute atomic E-state index is 10.7. The van der Waals surface area contributed by atoms with Crippen molar-refractivity contribution >= 4 is 11.8 Å². The number of nitrogens with one attached hydrogen (secondary N) is 3. The molecule has 0 aliphatic heterocycles.